The number of hydrogen-bond donors (Lipinski definition) is 1. The Hall–Kier alpha value is -3.06. The van der Waals surface area contributed by atoms with Crippen LogP contribution in [0.15, 0.2) is 35.7 Å². The van der Waals surface area contributed by atoms with Crippen molar-refractivity contribution in [3.63, 3.8) is 0 Å². The third kappa shape index (κ3) is 4.74. The molecule has 1 N–H and O–H groups in total. The number of carbonyl (C=O) groups excluding carboxylic acids is 1. The molecule has 0 spiro atoms. The number of nitrogens with zero attached hydrogens (tertiary/aromatic N) is 1. The SMILES string of the molecule is COc1ccc(CCC(=O)Nc2nc(-c3ccc(C)cc3C)cs2)c(OC)c1OC. The van der Waals surface area contributed by atoms with Crippen molar-refractivity contribution in [2.75, 3.05) is 26.6 Å². The van der Waals surface area contributed by atoms with Gasteiger partial charge >= 0.3 is 0 Å². The number of nitrogens with one attached hydrogen (secondary N) is 1. The van der Waals surface area contributed by atoms with Crippen LogP contribution < -0.4 is 19.5 Å². The van der Waals surface area contributed by atoms with E-state index in [0.717, 1.165) is 16.8 Å². The van der Waals surface area contributed by atoms with E-state index in [-0.39, 0.29) is 5.91 Å². The fraction of sp³-hybridized carbons (Fsp3) is 0.304. The molecule has 6 nitrogen and oxygen atoms in total. The van der Waals surface area contributed by atoms with Crippen LogP contribution in [-0.4, -0.2) is 32.2 Å². The molecule has 1 amide bonds. The van der Waals surface area contributed by atoms with Gasteiger partial charge in [-0.05, 0) is 37.5 Å². The van der Waals surface area contributed by atoms with E-state index in [4.69, 9.17) is 14.2 Å². The average Bonchev–Trinajstić information content (AvgIpc) is 3.19. The maximum atomic E-state index is 12.5. The molecule has 0 saturated heterocycles. The van der Waals surface area contributed by atoms with Gasteiger partial charge < -0.3 is 19.5 Å². The maximum Gasteiger partial charge on any atom is 0.226 e. The van der Waals surface area contributed by atoms with Gasteiger partial charge in [-0.1, -0.05) is 29.8 Å². The third-order valence-corrected chi connectivity index (χ3v) is 5.57. The monoisotopic (exact) mass is 426 g/mol. The van der Waals surface area contributed by atoms with Crippen molar-refractivity contribution in [1.82, 2.24) is 4.98 Å². The van der Waals surface area contributed by atoms with Crippen molar-refractivity contribution in [3.05, 3.63) is 52.4 Å². The summed E-state index contributed by atoms with van der Waals surface area (Å²) < 4.78 is 16.2. The van der Waals surface area contributed by atoms with E-state index in [0.29, 0.717) is 35.2 Å². The Bertz CT molecular complexity index is 1050. The van der Waals surface area contributed by atoms with Gasteiger partial charge in [0.25, 0.3) is 0 Å². The number of rotatable bonds is 8. The summed E-state index contributed by atoms with van der Waals surface area (Å²) in [4.78, 5) is 17.1. The van der Waals surface area contributed by atoms with Crippen LogP contribution in [0.3, 0.4) is 0 Å². The summed E-state index contributed by atoms with van der Waals surface area (Å²) in [6, 6.07) is 9.95. The predicted octanol–water partition coefficient (Wildman–Crippen LogP) is 5.02. The Morgan fingerprint density at radius 2 is 1.80 bits per heavy atom. The smallest absolute Gasteiger partial charge is 0.226 e. The number of aryl methyl sites for hydroxylation is 3. The van der Waals surface area contributed by atoms with Crippen LogP contribution in [0.2, 0.25) is 0 Å². The van der Waals surface area contributed by atoms with Crippen molar-refractivity contribution >= 4 is 22.4 Å². The summed E-state index contributed by atoms with van der Waals surface area (Å²) in [6.07, 6.45) is 0.801. The van der Waals surface area contributed by atoms with Crippen molar-refractivity contribution < 1.29 is 19.0 Å². The second kappa shape index (κ2) is 9.63. The Balaban J connectivity index is 1.67. The molecule has 3 aromatic rings. The largest absolute Gasteiger partial charge is 0.493 e. The fourth-order valence-corrected chi connectivity index (χ4v) is 4.07. The molecule has 1 aromatic heterocycles. The van der Waals surface area contributed by atoms with Gasteiger partial charge in [-0.2, -0.15) is 0 Å². The number of ether oxygens (including phenoxy) is 3. The Morgan fingerprint density at radius 1 is 1.03 bits per heavy atom. The molecule has 2 aromatic carbocycles. The number of carbonyl (C=O) groups is 1. The first-order valence-corrected chi connectivity index (χ1v) is 10.5. The topological polar surface area (TPSA) is 69.7 Å². The van der Waals surface area contributed by atoms with E-state index >= 15 is 0 Å². The zero-order valence-electron chi connectivity index (χ0n) is 17.9. The highest BCUT2D eigenvalue weighted by molar-refractivity contribution is 7.14. The molecule has 0 aliphatic carbocycles. The molecule has 1 heterocycles. The highest BCUT2D eigenvalue weighted by Gasteiger charge is 2.17. The molecule has 0 fully saturated rings. The van der Waals surface area contributed by atoms with Gasteiger partial charge in [-0.3, -0.25) is 4.79 Å². The maximum absolute atomic E-state index is 12.5. The number of amides is 1. The second-order valence-electron chi connectivity index (χ2n) is 6.90. The Morgan fingerprint density at radius 3 is 2.47 bits per heavy atom. The van der Waals surface area contributed by atoms with E-state index < -0.39 is 0 Å². The van der Waals surface area contributed by atoms with Gasteiger partial charge in [-0.15, -0.1) is 11.3 Å². The molecule has 0 unspecified atom stereocenters. The van der Waals surface area contributed by atoms with Crippen LogP contribution in [0.4, 0.5) is 5.13 Å². The molecule has 0 atom stereocenters. The molecule has 30 heavy (non-hydrogen) atoms. The minimum atomic E-state index is -0.103. The van der Waals surface area contributed by atoms with Gasteiger partial charge in [0, 0.05) is 17.4 Å². The zero-order valence-corrected chi connectivity index (χ0v) is 18.7. The molecule has 158 valence electrons. The van der Waals surface area contributed by atoms with E-state index in [1.807, 2.05) is 17.5 Å². The standard InChI is InChI=1S/C23H26N2O4S/c1-14-6-9-17(15(2)12-14)18-13-30-23(24-18)25-20(26)11-8-16-7-10-19(27-3)22(29-5)21(16)28-4/h6-7,9-10,12-13H,8,11H2,1-5H3,(H,24,25,26). The number of aromatic nitrogens is 1. The number of benzene rings is 2. The van der Waals surface area contributed by atoms with Crippen LogP contribution in [0, 0.1) is 13.8 Å². The van der Waals surface area contributed by atoms with Crippen LogP contribution in [0.1, 0.15) is 23.1 Å². The summed E-state index contributed by atoms with van der Waals surface area (Å²) in [6.45, 7) is 4.13. The van der Waals surface area contributed by atoms with E-state index in [1.54, 1.807) is 21.3 Å². The van der Waals surface area contributed by atoms with Gasteiger partial charge in [0.1, 0.15) is 0 Å². The molecular formula is C23H26N2O4S. The van der Waals surface area contributed by atoms with Crippen molar-refractivity contribution in [2.24, 2.45) is 0 Å². The van der Waals surface area contributed by atoms with E-state index in [2.05, 4.69) is 42.3 Å². The molecular weight excluding hydrogens is 400 g/mol. The lowest BCUT2D eigenvalue weighted by Gasteiger charge is -2.15. The molecule has 3 rings (SSSR count). The summed E-state index contributed by atoms with van der Waals surface area (Å²) in [5, 5.41) is 5.45. The van der Waals surface area contributed by atoms with Gasteiger partial charge in [0.2, 0.25) is 11.7 Å². The minimum Gasteiger partial charge on any atom is -0.493 e. The zero-order chi connectivity index (χ0) is 21.7. The number of thiazole rings is 1. The Kier molecular flexibility index (Phi) is 6.95. The average molecular weight is 427 g/mol. The highest BCUT2D eigenvalue weighted by Crippen LogP contribution is 2.40. The van der Waals surface area contributed by atoms with E-state index in [1.165, 1.54) is 22.5 Å². The number of methoxy groups -OCH3 is 3. The van der Waals surface area contributed by atoms with Crippen LogP contribution in [-0.2, 0) is 11.2 Å². The van der Waals surface area contributed by atoms with Crippen LogP contribution in [0.25, 0.3) is 11.3 Å². The van der Waals surface area contributed by atoms with E-state index in [9.17, 15) is 4.79 Å². The first-order chi connectivity index (χ1) is 14.5. The quantitative estimate of drug-likeness (QED) is 0.547. The first-order valence-electron chi connectivity index (χ1n) is 9.57. The number of hydrogen-bond acceptors (Lipinski definition) is 6. The molecule has 0 aliphatic heterocycles. The van der Waals surface area contributed by atoms with Crippen molar-refractivity contribution in [2.45, 2.75) is 26.7 Å². The van der Waals surface area contributed by atoms with Crippen molar-refractivity contribution in [1.29, 1.82) is 0 Å². The second-order valence-corrected chi connectivity index (χ2v) is 7.76. The van der Waals surface area contributed by atoms with Gasteiger partial charge in [-0.25, -0.2) is 4.98 Å². The van der Waals surface area contributed by atoms with Gasteiger partial charge in [0.05, 0.1) is 27.0 Å². The third-order valence-electron chi connectivity index (χ3n) is 4.82. The Labute approximate surface area is 180 Å². The normalized spacial score (nSPS) is 10.6. The first kappa shape index (κ1) is 21.6. The fourth-order valence-electron chi connectivity index (χ4n) is 3.35. The van der Waals surface area contributed by atoms with Crippen LogP contribution >= 0.6 is 11.3 Å². The predicted molar refractivity (Wildman–Crippen MR) is 120 cm³/mol. The molecule has 7 heteroatoms. The lowest BCUT2D eigenvalue weighted by Crippen LogP contribution is -2.12. The minimum absolute atomic E-state index is 0.103. The molecule has 0 bridgehead atoms. The molecule has 0 saturated carbocycles. The highest BCUT2D eigenvalue weighted by atomic mass is 32.1. The van der Waals surface area contributed by atoms with Gasteiger partial charge in [0.15, 0.2) is 16.6 Å². The summed E-state index contributed by atoms with van der Waals surface area (Å²) in [5.74, 6) is 1.59. The summed E-state index contributed by atoms with van der Waals surface area (Å²) in [7, 11) is 4.71. The molecule has 0 radical (unpaired) electrons. The number of anilines is 1. The lowest BCUT2D eigenvalue weighted by molar-refractivity contribution is -0.116. The van der Waals surface area contributed by atoms with Crippen molar-refractivity contribution in [3.8, 4) is 28.5 Å². The lowest BCUT2D eigenvalue weighted by atomic mass is 10.0. The summed E-state index contributed by atoms with van der Waals surface area (Å²) in [5.41, 5.74) is 5.20. The molecule has 0 aliphatic rings. The van der Waals surface area contributed by atoms with Crippen LogP contribution in [0.5, 0.6) is 17.2 Å². The summed E-state index contributed by atoms with van der Waals surface area (Å²) >= 11 is 1.42.